The maximum absolute atomic E-state index is 13.5. The predicted octanol–water partition coefficient (Wildman–Crippen LogP) is 4.40. The van der Waals surface area contributed by atoms with Crippen LogP contribution in [0.1, 0.15) is 42.3 Å². The van der Waals surface area contributed by atoms with Crippen LogP contribution in [0.4, 0.5) is 10.3 Å². The number of nitrogens with one attached hydrogen (secondary N) is 1. The molecular formula is C24H23ClFN3O4S. The van der Waals surface area contributed by atoms with Gasteiger partial charge in [0.2, 0.25) is 11.9 Å². The highest BCUT2D eigenvalue weighted by atomic mass is 35.5. The van der Waals surface area contributed by atoms with Gasteiger partial charge in [0, 0.05) is 12.4 Å². The number of anilines is 1. The van der Waals surface area contributed by atoms with Gasteiger partial charge in [0.25, 0.3) is 0 Å². The third-order valence-electron chi connectivity index (χ3n) is 5.40. The van der Waals surface area contributed by atoms with Crippen molar-refractivity contribution in [1.82, 2.24) is 9.97 Å². The lowest BCUT2D eigenvalue weighted by Crippen LogP contribution is -2.29. The summed E-state index contributed by atoms with van der Waals surface area (Å²) >= 11 is 5.85. The first-order valence-electron chi connectivity index (χ1n) is 10.4. The highest BCUT2D eigenvalue weighted by molar-refractivity contribution is 7.91. The molecule has 0 unspecified atom stereocenters. The molecule has 0 saturated heterocycles. The number of aromatic nitrogens is 2. The molecule has 3 aromatic rings. The van der Waals surface area contributed by atoms with Crippen LogP contribution in [0.25, 0.3) is 0 Å². The van der Waals surface area contributed by atoms with Crippen LogP contribution >= 0.6 is 11.6 Å². The largest absolute Gasteiger partial charge is 0.294 e. The van der Waals surface area contributed by atoms with Gasteiger partial charge >= 0.3 is 0 Å². The van der Waals surface area contributed by atoms with Gasteiger partial charge in [-0.15, -0.1) is 0 Å². The Bertz CT molecular complexity index is 1330. The molecule has 3 rings (SSSR count). The first kappa shape index (κ1) is 25.5. The molecule has 1 heterocycles. The minimum Gasteiger partial charge on any atom is -0.294 e. The number of hydrogen-bond donors (Lipinski definition) is 1. The second-order valence-corrected chi connectivity index (χ2v) is 10.8. The maximum atomic E-state index is 13.5. The average Bonchev–Trinajstić information content (AvgIpc) is 2.81. The Balaban J connectivity index is 1.66. The zero-order valence-corrected chi connectivity index (χ0v) is 20.4. The van der Waals surface area contributed by atoms with Gasteiger partial charge in [-0.05, 0) is 49.2 Å². The fourth-order valence-corrected chi connectivity index (χ4v) is 4.29. The maximum Gasteiger partial charge on any atom is 0.231 e. The topological polar surface area (TPSA) is 106 Å². The summed E-state index contributed by atoms with van der Waals surface area (Å²) in [6.45, 7) is 4.94. The Morgan fingerprint density at radius 1 is 1.06 bits per heavy atom. The Hall–Kier alpha value is -3.17. The van der Waals surface area contributed by atoms with Crippen molar-refractivity contribution in [2.24, 2.45) is 0 Å². The van der Waals surface area contributed by atoms with E-state index in [0.717, 1.165) is 0 Å². The molecule has 0 aliphatic rings. The van der Waals surface area contributed by atoms with E-state index in [-0.39, 0.29) is 39.4 Å². The summed E-state index contributed by atoms with van der Waals surface area (Å²) in [5.74, 6) is -1.24. The molecule has 0 atom stereocenters. The van der Waals surface area contributed by atoms with Crippen LogP contribution in [0.5, 0.6) is 0 Å². The van der Waals surface area contributed by atoms with Crippen molar-refractivity contribution in [3.05, 3.63) is 82.4 Å². The quantitative estimate of drug-likeness (QED) is 0.456. The fourth-order valence-electron chi connectivity index (χ4n) is 3.22. The molecule has 0 saturated carbocycles. The number of amides is 1. The summed E-state index contributed by atoms with van der Waals surface area (Å²) in [5.41, 5.74) is 0.373. The van der Waals surface area contributed by atoms with E-state index in [4.69, 9.17) is 11.6 Å². The van der Waals surface area contributed by atoms with Crippen LogP contribution in [0.15, 0.2) is 59.8 Å². The van der Waals surface area contributed by atoms with Crippen LogP contribution in [0.2, 0.25) is 5.02 Å². The molecular weight excluding hydrogens is 481 g/mol. The molecule has 10 heteroatoms. The summed E-state index contributed by atoms with van der Waals surface area (Å²) in [6, 6.07) is 10.2. The number of Topliss-reactive ketones (excluding diaryl/α,β-unsaturated/α-hetero) is 1. The van der Waals surface area contributed by atoms with Crippen molar-refractivity contribution in [2.75, 3.05) is 11.1 Å². The number of carbonyl (C=O) groups is 2. The van der Waals surface area contributed by atoms with Crippen molar-refractivity contribution < 1.29 is 22.4 Å². The summed E-state index contributed by atoms with van der Waals surface area (Å²) in [4.78, 5) is 33.6. The Kier molecular flexibility index (Phi) is 7.48. The van der Waals surface area contributed by atoms with E-state index in [1.165, 1.54) is 42.7 Å². The highest BCUT2D eigenvalue weighted by Crippen LogP contribution is 2.30. The zero-order valence-electron chi connectivity index (χ0n) is 18.8. The minimum atomic E-state index is -3.31. The molecule has 0 radical (unpaired) electrons. The molecule has 1 aromatic heterocycles. The van der Waals surface area contributed by atoms with Gasteiger partial charge in [-0.1, -0.05) is 36.7 Å². The summed E-state index contributed by atoms with van der Waals surface area (Å²) < 4.78 is 37.2. The second-order valence-electron chi connectivity index (χ2n) is 8.15. The number of carbonyl (C=O) groups excluding carboxylic acids is 2. The van der Waals surface area contributed by atoms with E-state index < -0.39 is 27.0 Å². The monoisotopic (exact) mass is 503 g/mol. The van der Waals surface area contributed by atoms with Crippen LogP contribution in [-0.4, -0.2) is 35.8 Å². The first-order chi connectivity index (χ1) is 15.9. The molecule has 0 bridgehead atoms. The van der Waals surface area contributed by atoms with Crippen LogP contribution in [0, 0.1) is 5.82 Å². The number of benzene rings is 2. The van der Waals surface area contributed by atoms with Gasteiger partial charge in [-0.2, -0.15) is 0 Å². The molecule has 34 heavy (non-hydrogen) atoms. The van der Waals surface area contributed by atoms with E-state index in [0.29, 0.717) is 11.1 Å². The number of sulfone groups is 1. The van der Waals surface area contributed by atoms with E-state index in [1.807, 2.05) is 0 Å². The molecule has 0 aliphatic heterocycles. The molecule has 1 N–H and O–H groups in total. The van der Waals surface area contributed by atoms with Gasteiger partial charge < -0.3 is 0 Å². The third kappa shape index (κ3) is 5.66. The van der Waals surface area contributed by atoms with Crippen molar-refractivity contribution in [2.45, 2.75) is 37.5 Å². The molecule has 7 nitrogen and oxygen atoms in total. The molecule has 1 amide bonds. The zero-order chi connectivity index (χ0) is 25.1. The highest BCUT2D eigenvalue weighted by Gasteiger charge is 2.31. The second kappa shape index (κ2) is 9.99. The van der Waals surface area contributed by atoms with Crippen LogP contribution < -0.4 is 5.32 Å². The van der Waals surface area contributed by atoms with Gasteiger partial charge in [0.05, 0.1) is 33.1 Å². The molecule has 2 aromatic carbocycles. The Labute approximate surface area is 202 Å². The van der Waals surface area contributed by atoms with E-state index in [2.05, 4.69) is 15.3 Å². The van der Waals surface area contributed by atoms with Crippen molar-refractivity contribution in [3.8, 4) is 0 Å². The lowest BCUT2D eigenvalue weighted by atomic mass is 9.78. The summed E-state index contributed by atoms with van der Waals surface area (Å²) in [6.07, 6.45) is 2.61. The van der Waals surface area contributed by atoms with Crippen molar-refractivity contribution in [1.29, 1.82) is 0 Å². The number of nitrogens with zero attached hydrogens (tertiary/aromatic N) is 2. The van der Waals surface area contributed by atoms with Crippen LogP contribution in [-0.2, 0) is 26.5 Å². The lowest BCUT2D eigenvalue weighted by Gasteiger charge is -2.24. The predicted molar refractivity (Wildman–Crippen MR) is 127 cm³/mol. The number of ketones is 1. The van der Waals surface area contributed by atoms with Crippen LogP contribution in [0.3, 0.4) is 0 Å². The first-order valence-corrected chi connectivity index (χ1v) is 12.4. The smallest absolute Gasteiger partial charge is 0.231 e. The molecule has 178 valence electrons. The third-order valence-corrected chi connectivity index (χ3v) is 7.44. The van der Waals surface area contributed by atoms with Gasteiger partial charge in [-0.25, -0.2) is 22.8 Å². The fraction of sp³-hybridized carbons (Fsp3) is 0.250. The Morgan fingerprint density at radius 2 is 1.68 bits per heavy atom. The van der Waals surface area contributed by atoms with Gasteiger partial charge in [0.15, 0.2) is 15.6 Å². The van der Waals surface area contributed by atoms with E-state index >= 15 is 0 Å². The lowest BCUT2D eigenvalue weighted by molar-refractivity contribution is -0.115. The number of hydrogen-bond acceptors (Lipinski definition) is 6. The average molecular weight is 504 g/mol. The van der Waals surface area contributed by atoms with Crippen molar-refractivity contribution >= 4 is 39.1 Å². The van der Waals surface area contributed by atoms with Gasteiger partial charge in [-0.3, -0.25) is 14.9 Å². The normalized spacial score (nSPS) is 11.8. The standard InChI is InChI=1S/C24H23ClFN3O4S/c1-4-34(32,33)18-8-5-15(6-9-18)11-21(30)29-23-27-13-16(14-28-23)22(31)24(2,3)17-7-10-20(26)19(25)12-17/h5-10,12-14H,4,11H2,1-3H3,(H,27,28,29,30). The van der Waals surface area contributed by atoms with Gasteiger partial charge in [0.1, 0.15) is 5.82 Å². The van der Waals surface area contributed by atoms with E-state index in [9.17, 15) is 22.4 Å². The number of halogens is 2. The summed E-state index contributed by atoms with van der Waals surface area (Å²) in [5, 5.41) is 2.47. The van der Waals surface area contributed by atoms with E-state index in [1.54, 1.807) is 32.9 Å². The SMILES string of the molecule is CCS(=O)(=O)c1ccc(CC(=O)Nc2ncc(C(=O)C(C)(C)c3ccc(F)c(Cl)c3)cn2)cc1. The molecule has 0 aliphatic carbocycles. The number of rotatable bonds is 8. The molecule has 0 spiro atoms. The Morgan fingerprint density at radius 3 is 2.24 bits per heavy atom. The minimum absolute atomic E-state index is 0.00248. The summed E-state index contributed by atoms with van der Waals surface area (Å²) in [7, 11) is -3.31. The molecule has 0 fully saturated rings. The van der Waals surface area contributed by atoms with Crippen molar-refractivity contribution in [3.63, 3.8) is 0 Å².